The predicted octanol–water partition coefficient (Wildman–Crippen LogP) is -0.616. The Morgan fingerprint density at radius 3 is 2.79 bits per heavy atom. The maximum atomic E-state index is 11.9. The second-order valence-corrected chi connectivity index (χ2v) is 4.51. The van der Waals surface area contributed by atoms with E-state index in [9.17, 15) is 9.59 Å². The first-order valence-electron chi connectivity index (χ1n) is 6.26. The number of nitrogens with zero attached hydrogens (tertiary/aromatic N) is 1. The Morgan fingerprint density at radius 2 is 2.11 bits per heavy atom. The van der Waals surface area contributed by atoms with Gasteiger partial charge in [0.15, 0.2) is 0 Å². The number of anilines is 1. The number of carbonyl (C=O) groups is 2. The van der Waals surface area contributed by atoms with Crippen LogP contribution in [0.2, 0.25) is 0 Å². The van der Waals surface area contributed by atoms with E-state index >= 15 is 0 Å². The van der Waals surface area contributed by atoms with Gasteiger partial charge in [0.2, 0.25) is 11.8 Å². The lowest BCUT2D eigenvalue weighted by atomic mass is 10.2. The van der Waals surface area contributed by atoms with Gasteiger partial charge in [-0.15, -0.1) is 0 Å². The summed E-state index contributed by atoms with van der Waals surface area (Å²) in [6.45, 7) is 2.05. The third-order valence-corrected chi connectivity index (χ3v) is 3.09. The number of amides is 2. The number of hydrogen-bond donors (Lipinski definition) is 3. The fourth-order valence-corrected chi connectivity index (χ4v) is 2.12. The Hall–Kier alpha value is -1.92. The zero-order chi connectivity index (χ0) is 13.7. The fourth-order valence-electron chi connectivity index (χ4n) is 2.12. The van der Waals surface area contributed by atoms with Crippen molar-refractivity contribution in [2.45, 2.75) is 6.04 Å². The summed E-state index contributed by atoms with van der Waals surface area (Å²) in [5, 5.41) is 5.89. The summed E-state index contributed by atoms with van der Waals surface area (Å²) in [5.41, 5.74) is 6.08. The number of nitrogens with one attached hydrogen (secondary N) is 2. The molecule has 0 aromatic heterocycles. The summed E-state index contributed by atoms with van der Waals surface area (Å²) in [4.78, 5) is 25.0. The van der Waals surface area contributed by atoms with Crippen molar-refractivity contribution in [1.82, 2.24) is 10.2 Å². The van der Waals surface area contributed by atoms with E-state index in [1.807, 2.05) is 30.3 Å². The van der Waals surface area contributed by atoms with Gasteiger partial charge in [-0.1, -0.05) is 18.2 Å². The van der Waals surface area contributed by atoms with E-state index in [2.05, 4.69) is 10.6 Å². The number of benzene rings is 1. The number of para-hydroxylation sites is 1. The molecule has 1 aromatic rings. The summed E-state index contributed by atoms with van der Waals surface area (Å²) in [6.07, 6.45) is 0. The minimum atomic E-state index is -0.421. The quantitative estimate of drug-likeness (QED) is 0.675. The lowest BCUT2D eigenvalue weighted by Gasteiger charge is -2.33. The molecule has 0 radical (unpaired) electrons. The lowest BCUT2D eigenvalue weighted by molar-refractivity contribution is -0.125. The Labute approximate surface area is 112 Å². The van der Waals surface area contributed by atoms with Gasteiger partial charge in [0.25, 0.3) is 0 Å². The van der Waals surface area contributed by atoms with Gasteiger partial charge in [-0.05, 0) is 12.1 Å². The van der Waals surface area contributed by atoms with Crippen LogP contribution in [0.25, 0.3) is 0 Å². The largest absolute Gasteiger partial charge is 0.368 e. The Kier molecular flexibility index (Phi) is 4.48. The molecule has 0 bridgehead atoms. The average Bonchev–Trinajstić information content (AvgIpc) is 2.40. The molecule has 1 fully saturated rings. The van der Waals surface area contributed by atoms with Crippen LogP contribution < -0.4 is 16.4 Å². The third kappa shape index (κ3) is 3.77. The highest BCUT2D eigenvalue weighted by Gasteiger charge is 2.28. The third-order valence-electron chi connectivity index (χ3n) is 3.09. The van der Waals surface area contributed by atoms with E-state index in [-0.39, 0.29) is 12.5 Å². The van der Waals surface area contributed by atoms with Crippen molar-refractivity contribution in [3.8, 4) is 0 Å². The molecule has 1 unspecified atom stereocenters. The molecule has 0 aliphatic carbocycles. The van der Waals surface area contributed by atoms with Crippen LogP contribution in [-0.4, -0.2) is 48.9 Å². The number of rotatable bonds is 4. The normalized spacial score (nSPS) is 19.9. The van der Waals surface area contributed by atoms with Crippen molar-refractivity contribution in [2.24, 2.45) is 5.73 Å². The van der Waals surface area contributed by atoms with Crippen molar-refractivity contribution in [1.29, 1.82) is 0 Å². The summed E-state index contributed by atoms with van der Waals surface area (Å²) in [5.74, 6) is -0.543. The molecule has 1 aliphatic heterocycles. The number of primary amides is 1. The first-order chi connectivity index (χ1) is 9.16. The highest BCUT2D eigenvalue weighted by Crippen LogP contribution is 2.07. The van der Waals surface area contributed by atoms with E-state index in [1.165, 1.54) is 0 Å². The van der Waals surface area contributed by atoms with Crippen LogP contribution in [0.4, 0.5) is 5.69 Å². The second kappa shape index (κ2) is 6.31. The molecule has 19 heavy (non-hydrogen) atoms. The van der Waals surface area contributed by atoms with Gasteiger partial charge in [-0.3, -0.25) is 14.5 Å². The number of piperazine rings is 1. The Bertz CT molecular complexity index is 449. The Balaban J connectivity index is 1.92. The topological polar surface area (TPSA) is 87.5 Å². The number of nitrogens with two attached hydrogens (primary N) is 1. The molecule has 4 N–H and O–H groups in total. The first-order valence-corrected chi connectivity index (χ1v) is 6.26. The van der Waals surface area contributed by atoms with E-state index in [1.54, 1.807) is 4.90 Å². The minimum absolute atomic E-state index is 0.139. The molecule has 6 nitrogen and oxygen atoms in total. The molecule has 2 amide bonds. The van der Waals surface area contributed by atoms with Crippen LogP contribution in [0, 0.1) is 0 Å². The van der Waals surface area contributed by atoms with Crippen LogP contribution in [-0.2, 0) is 9.59 Å². The van der Waals surface area contributed by atoms with Crippen LogP contribution >= 0.6 is 0 Å². The summed E-state index contributed by atoms with van der Waals surface area (Å²) in [7, 11) is 0. The van der Waals surface area contributed by atoms with Crippen LogP contribution in [0.1, 0.15) is 0 Å². The van der Waals surface area contributed by atoms with E-state index in [4.69, 9.17) is 5.73 Å². The van der Waals surface area contributed by atoms with Gasteiger partial charge in [-0.2, -0.15) is 0 Å². The molecular weight excluding hydrogens is 244 g/mol. The van der Waals surface area contributed by atoms with Crippen molar-refractivity contribution in [2.75, 3.05) is 31.5 Å². The molecule has 2 rings (SSSR count). The first kappa shape index (κ1) is 13.5. The molecule has 1 saturated heterocycles. The van der Waals surface area contributed by atoms with Gasteiger partial charge >= 0.3 is 0 Å². The van der Waals surface area contributed by atoms with Gasteiger partial charge in [0, 0.05) is 25.3 Å². The number of carbonyl (C=O) groups excluding carboxylic acids is 2. The highest BCUT2D eigenvalue weighted by molar-refractivity contribution is 5.92. The van der Waals surface area contributed by atoms with Gasteiger partial charge in [-0.25, -0.2) is 0 Å². The molecular formula is C13H18N4O2. The summed E-state index contributed by atoms with van der Waals surface area (Å²) < 4.78 is 0. The Morgan fingerprint density at radius 1 is 1.37 bits per heavy atom. The van der Waals surface area contributed by atoms with Gasteiger partial charge < -0.3 is 16.4 Å². The summed E-state index contributed by atoms with van der Waals surface area (Å²) in [6, 6.07) is 8.81. The molecule has 0 spiro atoms. The number of hydrogen-bond acceptors (Lipinski definition) is 4. The zero-order valence-electron chi connectivity index (χ0n) is 10.6. The van der Waals surface area contributed by atoms with E-state index in [0.29, 0.717) is 13.1 Å². The predicted molar refractivity (Wildman–Crippen MR) is 72.5 cm³/mol. The van der Waals surface area contributed by atoms with E-state index in [0.717, 1.165) is 12.2 Å². The minimum Gasteiger partial charge on any atom is -0.368 e. The molecule has 1 aliphatic rings. The maximum absolute atomic E-state index is 11.9. The van der Waals surface area contributed by atoms with Gasteiger partial charge in [0.1, 0.15) is 6.04 Å². The van der Waals surface area contributed by atoms with Crippen molar-refractivity contribution in [3.63, 3.8) is 0 Å². The zero-order valence-corrected chi connectivity index (χ0v) is 10.6. The van der Waals surface area contributed by atoms with Crippen molar-refractivity contribution >= 4 is 17.5 Å². The molecule has 1 aromatic carbocycles. The van der Waals surface area contributed by atoms with Crippen LogP contribution in [0.15, 0.2) is 30.3 Å². The molecule has 6 heteroatoms. The van der Waals surface area contributed by atoms with Crippen molar-refractivity contribution < 1.29 is 9.59 Å². The highest BCUT2D eigenvalue weighted by atomic mass is 16.2. The average molecular weight is 262 g/mol. The van der Waals surface area contributed by atoms with Crippen LogP contribution in [0.5, 0.6) is 0 Å². The van der Waals surface area contributed by atoms with Gasteiger partial charge in [0.05, 0.1) is 6.54 Å². The molecule has 1 atom stereocenters. The molecule has 102 valence electrons. The SMILES string of the molecule is NC(=O)C1CNCCN1CC(=O)Nc1ccccc1. The van der Waals surface area contributed by atoms with E-state index < -0.39 is 11.9 Å². The monoisotopic (exact) mass is 262 g/mol. The molecule has 1 heterocycles. The smallest absolute Gasteiger partial charge is 0.238 e. The molecule has 0 saturated carbocycles. The summed E-state index contributed by atoms with van der Waals surface area (Å²) >= 11 is 0. The maximum Gasteiger partial charge on any atom is 0.238 e. The fraction of sp³-hybridized carbons (Fsp3) is 0.385. The lowest BCUT2D eigenvalue weighted by Crippen LogP contribution is -2.58. The van der Waals surface area contributed by atoms with Crippen molar-refractivity contribution in [3.05, 3.63) is 30.3 Å². The standard InChI is InChI=1S/C13H18N4O2/c14-13(19)11-8-15-6-7-17(11)9-12(18)16-10-4-2-1-3-5-10/h1-5,11,15H,6-9H2,(H2,14,19)(H,16,18). The second-order valence-electron chi connectivity index (χ2n) is 4.51. The van der Waals surface area contributed by atoms with Crippen LogP contribution in [0.3, 0.4) is 0 Å².